The third-order valence-corrected chi connectivity index (χ3v) is 9.97. The van der Waals surface area contributed by atoms with Gasteiger partial charge in [0.2, 0.25) is 11.8 Å². The van der Waals surface area contributed by atoms with E-state index in [-0.39, 0.29) is 29.3 Å². The first kappa shape index (κ1) is 35.6. The van der Waals surface area contributed by atoms with E-state index >= 15 is 0 Å². The minimum Gasteiger partial charge on any atom is -0.497 e. The van der Waals surface area contributed by atoms with Crippen LogP contribution < -0.4 is 19.1 Å². The van der Waals surface area contributed by atoms with Crippen LogP contribution >= 0.6 is 23.2 Å². The number of amides is 2. The van der Waals surface area contributed by atoms with Crippen molar-refractivity contribution in [2.24, 2.45) is 0 Å². The lowest BCUT2D eigenvalue weighted by molar-refractivity contribution is -0.140. The summed E-state index contributed by atoms with van der Waals surface area (Å²) in [5.74, 6) is -0.348. The fraction of sp³-hybridized carbons (Fsp3) is 0.257. The van der Waals surface area contributed by atoms with Crippen molar-refractivity contribution in [3.05, 3.63) is 118 Å². The highest BCUT2D eigenvalue weighted by molar-refractivity contribution is 7.92. The van der Waals surface area contributed by atoms with Crippen molar-refractivity contribution in [2.45, 2.75) is 37.2 Å². The van der Waals surface area contributed by atoms with Crippen molar-refractivity contribution >= 4 is 50.7 Å². The molecule has 0 aliphatic carbocycles. The van der Waals surface area contributed by atoms with Crippen molar-refractivity contribution in [1.29, 1.82) is 0 Å². The standard InChI is InChI=1S/C35H37Cl2N3O6S/c1-4-21-38-35(42)32(22-25-11-6-5-7-12-25)39(23-28-29(36)13-10-14-30(28)37)34(41)24-40(31-15-8-9-16-33(31)46-3)47(43,44)27-19-17-26(45-2)18-20-27/h5-20,32H,4,21-24H2,1-3H3,(H,38,42)/t32-/m1/s1. The molecule has 2 amide bonds. The van der Waals surface area contributed by atoms with Gasteiger partial charge >= 0.3 is 0 Å². The molecule has 0 saturated carbocycles. The summed E-state index contributed by atoms with van der Waals surface area (Å²) in [6.07, 6.45) is 0.833. The van der Waals surface area contributed by atoms with E-state index in [0.717, 1.165) is 9.87 Å². The molecular weight excluding hydrogens is 661 g/mol. The van der Waals surface area contributed by atoms with Gasteiger partial charge in [0.1, 0.15) is 24.1 Å². The molecule has 0 spiro atoms. The van der Waals surface area contributed by atoms with Crippen molar-refractivity contribution in [3.8, 4) is 11.5 Å². The van der Waals surface area contributed by atoms with Crippen LogP contribution in [-0.2, 0) is 32.6 Å². The fourth-order valence-electron chi connectivity index (χ4n) is 5.00. The number of rotatable bonds is 15. The van der Waals surface area contributed by atoms with E-state index in [1.54, 1.807) is 42.5 Å². The number of sulfonamides is 1. The second-order valence-electron chi connectivity index (χ2n) is 10.6. The Morgan fingerprint density at radius 3 is 2.09 bits per heavy atom. The van der Waals surface area contributed by atoms with Gasteiger partial charge in [0.05, 0.1) is 24.8 Å². The lowest BCUT2D eigenvalue weighted by Crippen LogP contribution is -2.53. The largest absolute Gasteiger partial charge is 0.497 e. The van der Waals surface area contributed by atoms with Gasteiger partial charge in [-0.1, -0.05) is 78.7 Å². The molecule has 0 aliphatic rings. The van der Waals surface area contributed by atoms with Gasteiger partial charge in [-0.15, -0.1) is 0 Å². The number of hydrogen-bond donors (Lipinski definition) is 1. The molecule has 0 unspecified atom stereocenters. The molecule has 1 atom stereocenters. The number of nitrogens with one attached hydrogen (secondary N) is 1. The van der Waals surface area contributed by atoms with E-state index in [4.69, 9.17) is 32.7 Å². The highest BCUT2D eigenvalue weighted by atomic mass is 35.5. The fourth-order valence-corrected chi connectivity index (χ4v) is 6.94. The van der Waals surface area contributed by atoms with Crippen LogP contribution in [0.5, 0.6) is 11.5 Å². The van der Waals surface area contributed by atoms with E-state index in [1.165, 1.54) is 43.4 Å². The van der Waals surface area contributed by atoms with Crippen molar-refractivity contribution < 1.29 is 27.5 Å². The van der Waals surface area contributed by atoms with Crippen LogP contribution in [0, 0.1) is 0 Å². The highest BCUT2D eigenvalue weighted by Crippen LogP contribution is 2.34. The molecule has 0 saturated heterocycles. The maximum absolute atomic E-state index is 14.6. The molecule has 12 heteroatoms. The smallest absolute Gasteiger partial charge is 0.264 e. The van der Waals surface area contributed by atoms with Crippen LogP contribution in [0.25, 0.3) is 0 Å². The second-order valence-corrected chi connectivity index (χ2v) is 13.3. The zero-order chi connectivity index (χ0) is 34.0. The molecule has 0 fully saturated rings. The molecule has 0 bridgehead atoms. The predicted molar refractivity (Wildman–Crippen MR) is 185 cm³/mol. The van der Waals surface area contributed by atoms with Crippen molar-refractivity contribution in [2.75, 3.05) is 31.6 Å². The molecule has 1 N–H and O–H groups in total. The number of ether oxygens (including phenoxy) is 2. The molecule has 4 aromatic rings. The van der Waals surface area contributed by atoms with Gasteiger partial charge in [-0.25, -0.2) is 8.42 Å². The Morgan fingerprint density at radius 2 is 1.47 bits per heavy atom. The van der Waals surface area contributed by atoms with Crippen LogP contribution in [0.4, 0.5) is 5.69 Å². The van der Waals surface area contributed by atoms with Gasteiger partial charge in [0.15, 0.2) is 0 Å². The monoisotopic (exact) mass is 697 g/mol. The summed E-state index contributed by atoms with van der Waals surface area (Å²) >= 11 is 13.1. The Hall–Kier alpha value is -4.25. The molecule has 4 aromatic carbocycles. The quantitative estimate of drug-likeness (QED) is 0.155. The Balaban J connectivity index is 1.85. The first-order chi connectivity index (χ1) is 22.6. The van der Waals surface area contributed by atoms with Gasteiger partial charge in [-0.2, -0.15) is 0 Å². The van der Waals surface area contributed by atoms with Gasteiger partial charge in [-0.3, -0.25) is 13.9 Å². The average molecular weight is 699 g/mol. The van der Waals surface area contributed by atoms with Crippen LogP contribution in [0.2, 0.25) is 10.0 Å². The maximum Gasteiger partial charge on any atom is 0.264 e. The van der Waals surface area contributed by atoms with E-state index in [2.05, 4.69) is 5.32 Å². The molecule has 0 aromatic heterocycles. The normalized spacial score (nSPS) is 11.8. The third-order valence-electron chi connectivity index (χ3n) is 7.49. The van der Waals surface area contributed by atoms with Crippen LogP contribution in [0.1, 0.15) is 24.5 Å². The number of para-hydroxylation sites is 2. The summed E-state index contributed by atoms with van der Waals surface area (Å²) in [5, 5.41) is 3.51. The van der Waals surface area contributed by atoms with E-state index in [9.17, 15) is 18.0 Å². The number of benzene rings is 4. The first-order valence-corrected chi connectivity index (χ1v) is 17.1. The third kappa shape index (κ3) is 8.77. The number of halogens is 2. The highest BCUT2D eigenvalue weighted by Gasteiger charge is 2.36. The number of hydrogen-bond acceptors (Lipinski definition) is 6. The molecule has 47 heavy (non-hydrogen) atoms. The zero-order valence-corrected chi connectivity index (χ0v) is 28.7. The molecular formula is C35H37Cl2N3O6S. The minimum absolute atomic E-state index is 0.0702. The average Bonchev–Trinajstić information content (AvgIpc) is 3.09. The predicted octanol–water partition coefficient (Wildman–Crippen LogP) is 6.37. The Kier molecular flexibility index (Phi) is 12.5. The summed E-state index contributed by atoms with van der Waals surface area (Å²) in [6.45, 7) is 1.49. The topological polar surface area (TPSA) is 105 Å². The molecule has 9 nitrogen and oxygen atoms in total. The summed E-state index contributed by atoms with van der Waals surface area (Å²) in [6, 6.07) is 25.6. The maximum atomic E-state index is 14.6. The second kappa shape index (κ2) is 16.5. The molecule has 0 radical (unpaired) electrons. The SMILES string of the molecule is CCCNC(=O)[C@@H](Cc1ccccc1)N(Cc1c(Cl)cccc1Cl)C(=O)CN(c1ccccc1OC)S(=O)(=O)c1ccc(OC)cc1. The summed E-state index contributed by atoms with van der Waals surface area (Å²) in [4.78, 5) is 29.7. The Labute approximate surface area is 286 Å². The van der Waals surface area contributed by atoms with Gasteiger partial charge < -0.3 is 19.7 Å². The lowest BCUT2D eigenvalue weighted by atomic mass is 10.0. The molecule has 0 heterocycles. The Bertz CT molecular complexity index is 1750. The lowest BCUT2D eigenvalue weighted by Gasteiger charge is -2.34. The molecule has 248 valence electrons. The number of anilines is 1. The minimum atomic E-state index is -4.35. The van der Waals surface area contributed by atoms with Crippen LogP contribution in [0.15, 0.2) is 102 Å². The van der Waals surface area contributed by atoms with E-state index in [1.807, 2.05) is 37.3 Å². The van der Waals surface area contributed by atoms with Crippen molar-refractivity contribution in [3.63, 3.8) is 0 Å². The van der Waals surface area contributed by atoms with E-state index in [0.29, 0.717) is 34.3 Å². The summed E-state index contributed by atoms with van der Waals surface area (Å²) < 4.78 is 40.3. The van der Waals surface area contributed by atoms with Crippen LogP contribution in [0.3, 0.4) is 0 Å². The zero-order valence-electron chi connectivity index (χ0n) is 26.4. The van der Waals surface area contributed by atoms with E-state index < -0.39 is 34.4 Å². The van der Waals surface area contributed by atoms with Gasteiger partial charge in [0, 0.05) is 35.1 Å². The van der Waals surface area contributed by atoms with Gasteiger partial charge in [-0.05, 0) is 60.5 Å². The first-order valence-electron chi connectivity index (χ1n) is 14.9. The number of methoxy groups -OCH3 is 2. The van der Waals surface area contributed by atoms with Crippen molar-refractivity contribution in [1.82, 2.24) is 10.2 Å². The molecule has 4 rings (SSSR count). The molecule has 0 aliphatic heterocycles. The van der Waals surface area contributed by atoms with Crippen LogP contribution in [-0.4, -0.2) is 58.5 Å². The number of nitrogens with zero attached hydrogens (tertiary/aromatic N) is 2. The summed E-state index contributed by atoms with van der Waals surface area (Å²) in [7, 11) is -1.46. The van der Waals surface area contributed by atoms with Gasteiger partial charge in [0.25, 0.3) is 10.0 Å². The summed E-state index contributed by atoms with van der Waals surface area (Å²) in [5.41, 5.74) is 1.37. The number of carbonyl (C=O) groups is 2. The number of carbonyl (C=O) groups excluding carboxylic acids is 2. The Morgan fingerprint density at radius 1 is 0.830 bits per heavy atom.